The van der Waals surface area contributed by atoms with Crippen LogP contribution >= 0.6 is 0 Å². The molecule has 2 aromatic rings. The van der Waals surface area contributed by atoms with Gasteiger partial charge in [0.1, 0.15) is 18.0 Å². The highest BCUT2D eigenvalue weighted by atomic mass is 16.5. The van der Waals surface area contributed by atoms with Crippen LogP contribution in [0, 0.1) is 0 Å². The third-order valence-electron chi connectivity index (χ3n) is 4.03. The van der Waals surface area contributed by atoms with Crippen LogP contribution in [-0.4, -0.2) is 46.7 Å². The summed E-state index contributed by atoms with van der Waals surface area (Å²) in [5.74, 6) is 0.481. The molecule has 0 bridgehead atoms. The van der Waals surface area contributed by atoms with Crippen LogP contribution in [0.3, 0.4) is 0 Å². The minimum atomic E-state index is -0.305. The average molecular weight is 371 g/mol. The molecule has 1 N–H and O–H groups in total. The maximum atomic E-state index is 12.5. The highest BCUT2D eigenvalue weighted by molar-refractivity contribution is 6.02. The molecule has 0 aromatic heterocycles. The van der Waals surface area contributed by atoms with Gasteiger partial charge in [0.2, 0.25) is 11.8 Å². The van der Waals surface area contributed by atoms with E-state index >= 15 is 0 Å². The van der Waals surface area contributed by atoms with Gasteiger partial charge >= 0.3 is 0 Å². The molecular weight excluding hydrogens is 346 g/mol. The molecule has 0 aliphatic heterocycles. The summed E-state index contributed by atoms with van der Waals surface area (Å²) in [7, 11) is 6.94. The van der Waals surface area contributed by atoms with Gasteiger partial charge in [-0.05, 0) is 36.4 Å². The van der Waals surface area contributed by atoms with Gasteiger partial charge in [0.15, 0.2) is 0 Å². The van der Waals surface area contributed by atoms with Crippen molar-refractivity contribution in [3.63, 3.8) is 0 Å². The molecule has 144 valence electrons. The summed E-state index contributed by atoms with van der Waals surface area (Å²) in [6.07, 6.45) is 0. The molecule has 0 aliphatic carbocycles. The molecule has 0 radical (unpaired) electrons. The van der Waals surface area contributed by atoms with E-state index in [1.165, 1.54) is 18.9 Å². The monoisotopic (exact) mass is 371 g/mol. The van der Waals surface area contributed by atoms with Gasteiger partial charge in [0.05, 0.1) is 19.9 Å². The van der Waals surface area contributed by atoms with Gasteiger partial charge in [0.25, 0.3) is 0 Å². The number of carbonyl (C=O) groups is 2. The van der Waals surface area contributed by atoms with Gasteiger partial charge in [0, 0.05) is 38.5 Å². The summed E-state index contributed by atoms with van der Waals surface area (Å²) in [6.45, 7) is 1.27. The fourth-order valence-electron chi connectivity index (χ4n) is 2.56. The normalized spacial score (nSPS) is 10.1. The van der Waals surface area contributed by atoms with Crippen molar-refractivity contribution in [1.29, 1.82) is 0 Å². The largest absolute Gasteiger partial charge is 0.497 e. The first-order chi connectivity index (χ1) is 12.8. The van der Waals surface area contributed by atoms with Crippen LogP contribution in [0.2, 0.25) is 0 Å². The number of nitrogens with one attached hydrogen (secondary N) is 1. The molecule has 0 atom stereocenters. The topological polar surface area (TPSA) is 71.1 Å². The number of amides is 2. The van der Waals surface area contributed by atoms with Crippen LogP contribution in [-0.2, 0) is 9.59 Å². The molecule has 0 aliphatic rings. The molecule has 0 unspecified atom stereocenters. The summed E-state index contributed by atoms with van der Waals surface area (Å²) in [6, 6.07) is 12.5. The van der Waals surface area contributed by atoms with Gasteiger partial charge in [-0.3, -0.25) is 14.5 Å². The Morgan fingerprint density at radius 3 is 2.19 bits per heavy atom. The number of ether oxygens (including phenoxy) is 2. The number of carbonyl (C=O) groups excluding carboxylic acids is 2. The smallest absolute Gasteiger partial charge is 0.244 e. The number of benzene rings is 2. The van der Waals surface area contributed by atoms with E-state index in [2.05, 4.69) is 5.32 Å². The summed E-state index contributed by atoms with van der Waals surface area (Å²) in [5, 5.41) is 2.81. The van der Waals surface area contributed by atoms with E-state index in [4.69, 9.17) is 9.47 Å². The fourth-order valence-corrected chi connectivity index (χ4v) is 2.56. The van der Waals surface area contributed by atoms with E-state index in [9.17, 15) is 9.59 Å². The molecule has 27 heavy (non-hydrogen) atoms. The average Bonchev–Trinajstić information content (AvgIpc) is 2.65. The Morgan fingerprint density at radius 2 is 1.67 bits per heavy atom. The number of hydrogen-bond acceptors (Lipinski definition) is 5. The molecule has 0 saturated heterocycles. The third kappa shape index (κ3) is 5.13. The molecule has 7 nitrogen and oxygen atoms in total. The summed E-state index contributed by atoms with van der Waals surface area (Å²) >= 11 is 0. The molecule has 0 heterocycles. The molecule has 0 spiro atoms. The molecule has 0 saturated carbocycles. The second-order valence-corrected chi connectivity index (χ2v) is 6.13. The SMILES string of the molecule is COc1ccc(N(CC(=O)Nc2ccc(N(C)C)cc2)C(C)=O)c(OC)c1. The van der Waals surface area contributed by atoms with Gasteiger partial charge in [-0.25, -0.2) is 0 Å². The number of nitrogens with zero attached hydrogens (tertiary/aromatic N) is 2. The van der Waals surface area contributed by atoms with E-state index in [0.717, 1.165) is 5.69 Å². The molecule has 0 fully saturated rings. The van der Waals surface area contributed by atoms with Crippen molar-refractivity contribution >= 4 is 28.9 Å². The first-order valence-electron chi connectivity index (χ1n) is 8.43. The zero-order valence-corrected chi connectivity index (χ0v) is 16.3. The zero-order chi connectivity index (χ0) is 20.0. The number of rotatable bonds is 7. The number of hydrogen-bond donors (Lipinski definition) is 1. The van der Waals surface area contributed by atoms with Crippen LogP contribution in [0.1, 0.15) is 6.92 Å². The van der Waals surface area contributed by atoms with E-state index in [-0.39, 0.29) is 18.4 Å². The Hall–Kier alpha value is -3.22. The van der Waals surface area contributed by atoms with Crippen LogP contribution < -0.4 is 24.6 Å². The standard InChI is InChI=1S/C20H25N3O4/c1-14(24)23(18-11-10-17(26-4)12-19(18)27-5)13-20(25)21-15-6-8-16(9-7-15)22(2)3/h6-12H,13H2,1-5H3,(H,21,25). The Labute approximate surface area is 159 Å². The van der Waals surface area contributed by atoms with Gasteiger partial charge in [-0.15, -0.1) is 0 Å². The predicted octanol–water partition coefficient (Wildman–Crippen LogP) is 2.76. The van der Waals surface area contributed by atoms with Crippen molar-refractivity contribution in [2.24, 2.45) is 0 Å². The Bertz CT molecular complexity index is 803. The van der Waals surface area contributed by atoms with Crippen molar-refractivity contribution < 1.29 is 19.1 Å². The summed E-state index contributed by atoms with van der Waals surface area (Å²) in [4.78, 5) is 27.9. The third-order valence-corrected chi connectivity index (χ3v) is 4.03. The van der Waals surface area contributed by atoms with E-state index in [1.807, 2.05) is 43.3 Å². The van der Waals surface area contributed by atoms with Crippen molar-refractivity contribution in [3.8, 4) is 11.5 Å². The highest BCUT2D eigenvalue weighted by Crippen LogP contribution is 2.32. The second-order valence-electron chi connectivity index (χ2n) is 6.13. The first kappa shape index (κ1) is 20.1. The van der Waals surface area contributed by atoms with Crippen LogP contribution in [0.15, 0.2) is 42.5 Å². The highest BCUT2D eigenvalue weighted by Gasteiger charge is 2.20. The lowest BCUT2D eigenvalue weighted by atomic mass is 10.2. The lowest BCUT2D eigenvalue weighted by molar-refractivity contribution is -0.120. The van der Waals surface area contributed by atoms with Crippen LogP contribution in [0.5, 0.6) is 11.5 Å². The number of anilines is 3. The Kier molecular flexibility index (Phi) is 6.65. The zero-order valence-electron chi connectivity index (χ0n) is 16.3. The van der Waals surface area contributed by atoms with Crippen LogP contribution in [0.4, 0.5) is 17.1 Å². The van der Waals surface area contributed by atoms with Crippen molar-refractivity contribution in [2.75, 3.05) is 50.0 Å². The van der Waals surface area contributed by atoms with E-state index in [0.29, 0.717) is 22.9 Å². The van der Waals surface area contributed by atoms with Crippen molar-refractivity contribution in [3.05, 3.63) is 42.5 Å². The minimum Gasteiger partial charge on any atom is -0.497 e. The number of methoxy groups -OCH3 is 2. The van der Waals surface area contributed by atoms with Gasteiger partial charge in [-0.1, -0.05) is 0 Å². The maximum absolute atomic E-state index is 12.5. The maximum Gasteiger partial charge on any atom is 0.244 e. The van der Waals surface area contributed by atoms with Crippen LogP contribution in [0.25, 0.3) is 0 Å². The van der Waals surface area contributed by atoms with Gasteiger partial charge in [-0.2, -0.15) is 0 Å². The Morgan fingerprint density at radius 1 is 1.00 bits per heavy atom. The summed E-state index contributed by atoms with van der Waals surface area (Å²) < 4.78 is 10.5. The van der Waals surface area contributed by atoms with Gasteiger partial charge < -0.3 is 19.7 Å². The quantitative estimate of drug-likeness (QED) is 0.810. The van der Waals surface area contributed by atoms with E-state index < -0.39 is 0 Å². The molecule has 7 heteroatoms. The molecular formula is C20H25N3O4. The summed E-state index contributed by atoms with van der Waals surface area (Å²) in [5.41, 5.74) is 2.20. The fraction of sp³-hybridized carbons (Fsp3) is 0.300. The second kappa shape index (κ2) is 8.93. The lowest BCUT2D eigenvalue weighted by Crippen LogP contribution is -2.36. The minimum absolute atomic E-state index is 0.131. The lowest BCUT2D eigenvalue weighted by Gasteiger charge is -2.23. The van der Waals surface area contributed by atoms with E-state index in [1.54, 1.807) is 25.3 Å². The van der Waals surface area contributed by atoms with Crippen molar-refractivity contribution in [2.45, 2.75) is 6.92 Å². The Balaban J connectivity index is 2.16. The van der Waals surface area contributed by atoms with Crippen molar-refractivity contribution in [1.82, 2.24) is 0 Å². The first-order valence-corrected chi connectivity index (χ1v) is 8.43. The molecule has 2 rings (SSSR count). The predicted molar refractivity (Wildman–Crippen MR) is 107 cm³/mol. The molecule has 2 aromatic carbocycles. The molecule has 2 amide bonds.